The molecule has 0 aliphatic rings. The lowest BCUT2D eigenvalue weighted by molar-refractivity contribution is -0.384. The van der Waals surface area contributed by atoms with Gasteiger partial charge < -0.3 is 0 Å². The molecule has 5 nitrogen and oxygen atoms in total. The van der Waals surface area contributed by atoms with Crippen LogP contribution >= 0.6 is 0 Å². The first-order chi connectivity index (χ1) is 8.41. The zero-order valence-electron chi connectivity index (χ0n) is 8.76. The number of alkyl halides is 3. The summed E-state index contributed by atoms with van der Waals surface area (Å²) in [5.74, 6) is 0. The van der Waals surface area contributed by atoms with E-state index in [0.29, 0.717) is 4.68 Å². The highest BCUT2D eigenvalue weighted by Crippen LogP contribution is 2.32. The molecule has 2 aromatic rings. The molecule has 94 valence electrons. The van der Waals surface area contributed by atoms with Crippen molar-refractivity contribution in [2.75, 3.05) is 0 Å². The van der Waals surface area contributed by atoms with Crippen LogP contribution in [0.1, 0.15) is 5.69 Å². The van der Waals surface area contributed by atoms with Crippen molar-refractivity contribution in [3.05, 3.63) is 52.3 Å². The lowest BCUT2D eigenvalue weighted by atomic mass is 10.2. The van der Waals surface area contributed by atoms with Gasteiger partial charge >= 0.3 is 6.18 Å². The number of aromatic nitrogens is 2. The van der Waals surface area contributed by atoms with E-state index >= 15 is 0 Å². The quantitative estimate of drug-likeness (QED) is 0.613. The Kier molecular flexibility index (Phi) is 2.77. The van der Waals surface area contributed by atoms with Crippen molar-refractivity contribution in [1.82, 2.24) is 9.78 Å². The van der Waals surface area contributed by atoms with E-state index in [-0.39, 0.29) is 5.69 Å². The number of hydrogen-bond donors (Lipinski definition) is 0. The Morgan fingerprint density at radius 2 is 1.89 bits per heavy atom. The van der Waals surface area contributed by atoms with Crippen molar-refractivity contribution < 1.29 is 18.1 Å². The molecule has 0 spiro atoms. The Labute approximate surface area is 98.6 Å². The number of para-hydroxylation sites is 2. The van der Waals surface area contributed by atoms with Crippen LogP contribution in [0.2, 0.25) is 0 Å². The molecule has 2 rings (SSSR count). The summed E-state index contributed by atoms with van der Waals surface area (Å²) in [6.45, 7) is 0. The second kappa shape index (κ2) is 4.13. The fourth-order valence-electron chi connectivity index (χ4n) is 1.51. The number of halogens is 3. The number of nitro benzene ring substituents is 1. The van der Waals surface area contributed by atoms with E-state index in [2.05, 4.69) is 5.10 Å². The number of hydrogen-bond acceptors (Lipinski definition) is 3. The van der Waals surface area contributed by atoms with Crippen LogP contribution in [-0.2, 0) is 6.18 Å². The van der Waals surface area contributed by atoms with Crippen LogP contribution in [-0.4, -0.2) is 14.7 Å². The van der Waals surface area contributed by atoms with E-state index in [1.807, 2.05) is 0 Å². The second-order valence-corrected chi connectivity index (χ2v) is 3.37. The molecule has 0 aliphatic carbocycles. The average Bonchev–Trinajstić information content (AvgIpc) is 2.77. The van der Waals surface area contributed by atoms with Crippen LogP contribution in [0.25, 0.3) is 5.69 Å². The zero-order chi connectivity index (χ0) is 13.3. The Morgan fingerprint density at radius 1 is 1.22 bits per heavy atom. The lowest BCUT2D eigenvalue weighted by Gasteiger charge is -2.10. The summed E-state index contributed by atoms with van der Waals surface area (Å²) in [5.41, 5.74) is -1.72. The number of rotatable bonds is 2. The van der Waals surface area contributed by atoms with Crippen molar-refractivity contribution in [3.63, 3.8) is 0 Å². The fraction of sp³-hybridized carbons (Fsp3) is 0.100. The molecule has 0 aliphatic heterocycles. The molecular weight excluding hydrogens is 251 g/mol. The number of nitro groups is 1. The van der Waals surface area contributed by atoms with Gasteiger partial charge in [0.25, 0.3) is 5.69 Å². The monoisotopic (exact) mass is 257 g/mol. The van der Waals surface area contributed by atoms with E-state index < -0.39 is 22.5 Å². The maximum atomic E-state index is 12.7. The van der Waals surface area contributed by atoms with E-state index in [4.69, 9.17) is 0 Å². The molecule has 8 heteroatoms. The average molecular weight is 257 g/mol. The summed E-state index contributed by atoms with van der Waals surface area (Å²) in [5, 5.41) is 14.2. The van der Waals surface area contributed by atoms with Gasteiger partial charge in [-0.25, -0.2) is 4.68 Å². The van der Waals surface area contributed by atoms with Crippen molar-refractivity contribution >= 4 is 5.69 Å². The predicted octanol–water partition coefficient (Wildman–Crippen LogP) is 2.80. The first-order valence-electron chi connectivity index (χ1n) is 4.76. The van der Waals surface area contributed by atoms with Crippen LogP contribution in [0, 0.1) is 10.1 Å². The summed E-state index contributed by atoms with van der Waals surface area (Å²) in [6, 6.07) is 5.87. The summed E-state index contributed by atoms with van der Waals surface area (Å²) in [4.78, 5) is 10.0. The van der Waals surface area contributed by atoms with Crippen molar-refractivity contribution in [1.29, 1.82) is 0 Å². The van der Waals surface area contributed by atoms with Gasteiger partial charge in [0, 0.05) is 6.07 Å². The number of benzene rings is 1. The fourth-order valence-corrected chi connectivity index (χ4v) is 1.51. The molecule has 0 atom stereocenters. The topological polar surface area (TPSA) is 61.0 Å². The zero-order valence-corrected chi connectivity index (χ0v) is 8.76. The van der Waals surface area contributed by atoms with E-state index in [1.54, 1.807) is 0 Å². The third-order valence-corrected chi connectivity index (χ3v) is 2.24. The largest absolute Gasteiger partial charge is 0.433 e. The van der Waals surface area contributed by atoms with Crippen LogP contribution in [0.5, 0.6) is 0 Å². The van der Waals surface area contributed by atoms with Gasteiger partial charge in [0.05, 0.1) is 11.1 Å². The lowest BCUT2D eigenvalue weighted by Crippen LogP contribution is -2.14. The van der Waals surface area contributed by atoms with Gasteiger partial charge in [-0.1, -0.05) is 12.1 Å². The van der Waals surface area contributed by atoms with Gasteiger partial charge in [-0.2, -0.15) is 18.3 Å². The van der Waals surface area contributed by atoms with Gasteiger partial charge in [-0.05, 0) is 12.1 Å². The van der Waals surface area contributed by atoms with Gasteiger partial charge in [-0.3, -0.25) is 10.1 Å². The Bertz CT molecular complexity index is 592. The second-order valence-electron chi connectivity index (χ2n) is 3.37. The molecule has 0 radical (unpaired) electrons. The van der Waals surface area contributed by atoms with Crippen molar-refractivity contribution in [2.45, 2.75) is 6.18 Å². The van der Waals surface area contributed by atoms with Crippen LogP contribution < -0.4 is 0 Å². The van der Waals surface area contributed by atoms with Crippen LogP contribution in [0.15, 0.2) is 36.5 Å². The molecule has 1 aromatic carbocycles. The first-order valence-corrected chi connectivity index (χ1v) is 4.76. The first kappa shape index (κ1) is 12.1. The van der Waals surface area contributed by atoms with Gasteiger partial charge in [0.15, 0.2) is 0 Å². The summed E-state index contributed by atoms with van der Waals surface area (Å²) in [6.07, 6.45) is -3.68. The molecule has 0 bridgehead atoms. The van der Waals surface area contributed by atoms with Crippen LogP contribution in [0.3, 0.4) is 0 Å². The maximum Gasteiger partial charge on any atom is 0.433 e. The Balaban J connectivity index is 2.64. The number of nitrogens with zero attached hydrogens (tertiary/aromatic N) is 3. The maximum absolute atomic E-state index is 12.7. The third-order valence-electron chi connectivity index (χ3n) is 2.24. The molecule has 0 saturated carbocycles. The highest BCUT2D eigenvalue weighted by molar-refractivity contribution is 5.52. The SMILES string of the molecule is O=[N+]([O-])c1ccccc1-n1nccc1C(F)(F)F. The molecule has 0 amide bonds. The summed E-state index contributed by atoms with van der Waals surface area (Å²) < 4.78 is 38.5. The minimum Gasteiger partial charge on any atom is -0.258 e. The molecule has 0 fully saturated rings. The standard InChI is InChI=1S/C10H6F3N3O2/c11-10(12,13)9-5-6-14-15(9)7-3-1-2-4-8(7)16(17)18/h1-6H. The molecule has 0 unspecified atom stereocenters. The molecule has 0 N–H and O–H groups in total. The highest BCUT2D eigenvalue weighted by atomic mass is 19.4. The minimum absolute atomic E-state index is 0.222. The van der Waals surface area contributed by atoms with E-state index in [1.165, 1.54) is 18.2 Å². The summed E-state index contributed by atoms with van der Waals surface area (Å²) >= 11 is 0. The van der Waals surface area contributed by atoms with Crippen LogP contribution in [0.4, 0.5) is 18.9 Å². The minimum atomic E-state index is -4.62. The smallest absolute Gasteiger partial charge is 0.258 e. The Morgan fingerprint density at radius 3 is 2.50 bits per heavy atom. The van der Waals surface area contributed by atoms with E-state index in [9.17, 15) is 23.3 Å². The predicted molar refractivity (Wildman–Crippen MR) is 55.2 cm³/mol. The van der Waals surface area contributed by atoms with Crippen molar-refractivity contribution in [3.8, 4) is 5.69 Å². The molecule has 18 heavy (non-hydrogen) atoms. The summed E-state index contributed by atoms with van der Waals surface area (Å²) in [7, 11) is 0. The third kappa shape index (κ3) is 2.04. The normalized spacial score (nSPS) is 11.5. The molecule has 1 aromatic heterocycles. The molecule has 1 heterocycles. The molecular formula is C10H6F3N3O2. The van der Waals surface area contributed by atoms with Crippen molar-refractivity contribution in [2.24, 2.45) is 0 Å². The van der Waals surface area contributed by atoms with E-state index in [0.717, 1.165) is 18.3 Å². The van der Waals surface area contributed by atoms with Gasteiger partial charge in [-0.15, -0.1) is 0 Å². The highest BCUT2D eigenvalue weighted by Gasteiger charge is 2.36. The Hall–Kier alpha value is -2.38. The van der Waals surface area contributed by atoms with Gasteiger partial charge in [0.2, 0.25) is 0 Å². The molecule has 0 saturated heterocycles. The van der Waals surface area contributed by atoms with Gasteiger partial charge in [0.1, 0.15) is 11.4 Å².